The van der Waals surface area contributed by atoms with Crippen LogP contribution in [0.2, 0.25) is 5.02 Å². The van der Waals surface area contributed by atoms with Gasteiger partial charge in [-0.25, -0.2) is 12.8 Å². The van der Waals surface area contributed by atoms with Crippen molar-refractivity contribution in [3.63, 3.8) is 0 Å². The molecule has 28 heavy (non-hydrogen) atoms. The van der Waals surface area contributed by atoms with E-state index in [9.17, 15) is 17.6 Å². The maximum absolute atomic E-state index is 13.3. The molecule has 0 saturated heterocycles. The number of amides is 1. The summed E-state index contributed by atoms with van der Waals surface area (Å²) in [6, 6.07) is 8.39. The maximum Gasteiger partial charge on any atom is 0.261 e. The fourth-order valence-corrected chi connectivity index (χ4v) is 4.43. The second-order valence-electron chi connectivity index (χ2n) is 7.25. The Labute approximate surface area is 169 Å². The van der Waals surface area contributed by atoms with Gasteiger partial charge in [-0.1, -0.05) is 25.4 Å². The summed E-state index contributed by atoms with van der Waals surface area (Å²) in [6.45, 7) is 4.85. The van der Waals surface area contributed by atoms with E-state index in [4.69, 9.17) is 11.6 Å². The summed E-state index contributed by atoms with van der Waals surface area (Å²) in [6.07, 6.45) is 1.85. The molecule has 150 valence electrons. The lowest BCUT2D eigenvalue weighted by molar-refractivity contribution is -0.118. The minimum Gasteiger partial charge on any atom is -0.312 e. The van der Waals surface area contributed by atoms with Gasteiger partial charge in [0.05, 0.1) is 9.92 Å². The predicted molar refractivity (Wildman–Crippen MR) is 109 cm³/mol. The number of fused-ring (bicyclic) bond motifs is 1. The molecule has 0 saturated carbocycles. The summed E-state index contributed by atoms with van der Waals surface area (Å²) in [5, 5.41) is -0.257. The Kier molecular flexibility index (Phi) is 5.95. The SMILES string of the molecule is CC(C)CCN1C(=O)CCc2cc(NS(=O)(=O)c3ccc(F)c(Cl)c3)ccc21. The zero-order chi connectivity index (χ0) is 20.5. The van der Waals surface area contributed by atoms with E-state index in [0.717, 1.165) is 35.9 Å². The van der Waals surface area contributed by atoms with Crippen LogP contribution in [0.15, 0.2) is 41.3 Å². The number of rotatable bonds is 6. The third kappa shape index (κ3) is 4.47. The molecule has 0 aliphatic carbocycles. The van der Waals surface area contributed by atoms with Crippen LogP contribution in [0, 0.1) is 11.7 Å². The van der Waals surface area contributed by atoms with Crippen molar-refractivity contribution in [1.29, 1.82) is 0 Å². The van der Waals surface area contributed by atoms with Crippen molar-refractivity contribution < 1.29 is 17.6 Å². The van der Waals surface area contributed by atoms with Gasteiger partial charge in [0.25, 0.3) is 10.0 Å². The fraction of sp³-hybridized carbons (Fsp3) is 0.350. The zero-order valence-electron chi connectivity index (χ0n) is 15.7. The lowest BCUT2D eigenvalue weighted by Gasteiger charge is -2.30. The number of carbonyl (C=O) groups is 1. The van der Waals surface area contributed by atoms with Gasteiger partial charge in [-0.2, -0.15) is 0 Å². The van der Waals surface area contributed by atoms with Crippen LogP contribution in [0.4, 0.5) is 15.8 Å². The first-order valence-electron chi connectivity index (χ1n) is 9.08. The Morgan fingerprint density at radius 1 is 1.18 bits per heavy atom. The molecule has 1 amide bonds. The van der Waals surface area contributed by atoms with E-state index in [1.165, 1.54) is 0 Å². The Hall–Kier alpha value is -2.12. The number of carbonyl (C=O) groups excluding carboxylic acids is 1. The molecule has 2 aromatic carbocycles. The van der Waals surface area contributed by atoms with Crippen molar-refractivity contribution in [1.82, 2.24) is 0 Å². The molecule has 0 spiro atoms. The highest BCUT2D eigenvalue weighted by atomic mass is 35.5. The molecule has 0 unspecified atom stereocenters. The first-order valence-corrected chi connectivity index (χ1v) is 10.9. The lowest BCUT2D eigenvalue weighted by Crippen LogP contribution is -2.36. The van der Waals surface area contributed by atoms with Crippen LogP contribution in [0.5, 0.6) is 0 Å². The number of anilines is 2. The average Bonchev–Trinajstić information content (AvgIpc) is 2.62. The molecule has 1 N–H and O–H groups in total. The number of halogens is 2. The van der Waals surface area contributed by atoms with Gasteiger partial charge in [0.15, 0.2) is 0 Å². The highest BCUT2D eigenvalue weighted by molar-refractivity contribution is 7.92. The second kappa shape index (κ2) is 8.09. The van der Waals surface area contributed by atoms with Crippen LogP contribution in [-0.4, -0.2) is 20.9 Å². The Morgan fingerprint density at radius 3 is 2.61 bits per heavy atom. The van der Waals surface area contributed by atoms with Crippen LogP contribution >= 0.6 is 11.6 Å². The molecule has 1 aliphatic rings. The minimum absolute atomic E-state index is 0.0856. The van der Waals surface area contributed by atoms with E-state index in [2.05, 4.69) is 18.6 Å². The molecule has 0 atom stereocenters. The highest BCUT2D eigenvalue weighted by Crippen LogP contribution is 2.32. The molecule has 2 aromatic rings. The number of nitrogens with zero attached hydrogens (tertiary/aromatic N) is 1. The lowest BCUT2D eigenvalue weighted by atomic mass is 9.99. The summed E-state index contributed by atoms with van der Waals surface area (Å²) in [5.74, 6) is -0.116. The summed E-state index contributed by atoms with van der Waals surface area (Å²) in [4.78, 5) is 14.0. The molecular weight excluding hydrogens is 403 g/mol. The van der Waals surface area contributed by atoms with Crippen molar-refractivity contribution >= 4 is 38.9 Å². The Bertz CT molecular complexity index is 1010. The number of sulfonamides is 1. The molecule has 8 heteroatoms. The van der Waals surface area contributed by atoms with Crippen LogP contribution in [0.25, 0.3) is 0 Å². The summed E-state index contributed by atoms with van der Waals surface area (Å²) < 4.78 is 40.9. The maximum atomic E-state index is 13.3. The fourth-order valence-electron chi connectivity index (χ4n) is 3.11. The van der Waals surface area contributed by atoms with Gasteiger partial charge in [0.1, 0.15) is 5.82 Å². The van der Waals surface area contributed by atoms with Gasteiger partial charge in [0.2, 0.25) is 5.91 Å². The van der Waals surface area contributed by atoms with E-state index in [1.807, 2.05) is 0 Å². The quantitative estimate of drug-likeness (QED) is 0.736. The van der Waals surface area contributed by atoms with Crippen LogP contribution in [0.1, 0.15) is 32.3 Å². The van der Waals surface area contributed by atoms with E-state index in [-0.39, 0.29) is 15.8 Å². The molecule has 0 radical (unpaired) electrons. The molecular formula is C20H22ClFN2O3S. The Morgan fingerprint density at radius 2 is 1.93 bits per heavy atom. The average molecular weight is 425 g/mol. The number of aryl methyl sites for hydroxylation is 1. The number of hydrogen-bond donors (Lipinski definition) is 1. The van der Waals surface area contributed by atoms with Crippen LogP contribution in [0.3, 0.4) is 0 Å². The van der Waals surface area contributed by atoms with Crippen molar-refractivity contribution in [3.05, 3.63) is 52.8 Å². The van der Waals surface area contributed by atoms with Crippen molar-refractivity contribution in [2.45, 2.75) is 38.0 Å². The van der Waals surface area contributed by atoms with Gasteiger partial charge in [-0.3, -0.25) is 9.52 Å². The highest BCUT2D eigenvalue weighted by Gasteiger charge is 2.25. The molecule has 0 bridgehead atoms. The van der Waals surface area contributed by atoms with Gasteiger partial charge >= 0.3 is 0 Å². The van der Waals surface area contributed by atoms with Crippen molar-refractivity contribution in [2.75, 3.05) is 16.2 Å². The summed E-state index contributed by atoms with van der Waals surface area (Å²) in [5.41, 5.74) is 2.13. The molecule has 1 heterocycles. The smallest absolute Gasteiger partial charge is 0.261 e. The molecule has 0 aromatic heterocycles. The number of hydrogen-bond acceptors (Lipinski definition) is 3. The Balaban J connectivity index is 1.85. The number of nitrogens with one attached hydrogen (secondary N) is 1. The van der Waals surface area contributed by atoms with Crippen LogP contribution in [-0.2, 0) is 21.2 Å². The monoisotopic (exact) mass is 424 g/mol. The summed E-state index contributed by atoms with van der Waals surface area (Å²) >= 11 is 5.69. The largest absolute Gasteiger partial charge is 0.312 e. The normalized spacial score (nSPS) is 14.3. The van der Waals surface area contributed by atoms with E-state index < -0.39 is 15.8 Å². The first-order chi connectivity index (χ1) is 13.2. The molecule has 5 nitrogen and oxygen atoms in total. The van der Waals surface area contributed by atoms with Gasteiger partial charge < -0.3 is 4.90 Å². The minimum atomic E-state index is -3.91. The molecule has 1 aliphatic heterocycles. The second-order valence-corrected chi connectivity index (χ2v) is 9.34. The third-order valence-corrected chi connectivity index (χ3v) is 6.33. The van der Waals surface area contributed by atoms with Crippen molar-refractivity contribution in [3.8, 4) is 0 Å². The van der Waals surface area contributed by atoms with Crippen molar-refractivity contribution in [2.24, 2.45) is 5.92 Å². The zero-order valence-corrected chi connectivity index (χ0v) is 17.3. The predicted octanol–water partition coefficient (Wildman–Crippen LogP) is 4.61. The van der Waals surface area contributed by atoms with Gasteiger partial charge in [-0.15, -0.1) is 0 Å². The topological polar surface area (TPSA) is 66.5 Å². The van der Waals surface area contributed by atoms with Gasteiger partial charge in [0, 0.05) is 24.3 Å². The van der Waals surface area contributed by atoms with Crippen LogP contribution < -0.4 is 9.62 Å². The van der Waals surface area contributed by atoms with E-state index in [1.54, 1.807) is 23.1 Å². The van der Waals surface area contributed by atoms with E-state index >= 15 is 0 Å². The standard InChI is InChI=1S/C20H22ClFN2O3S/c1-13(2)9-10-24-19-7-4-15(11-14(19)3-8-20(24)25)23-28(26,27)16-5-6-18(22)17(21)12-16/h4-7,11-13,23H,3,8-10H2,1-2H3. The van der Waals surface area contributed by atoms with Gasteiger partial charge in [-0.05, 0) is 60.7 Å². The number of benzene rings is 2. The first kappa shape index (κ1) is 20.6. The molecule has 3 rings (SSSR count). The third-order valence-electron chi connectivity index (χ3n) is 4.66. The summed E-state index contributed by atoms with van der Waals surface area (Å²) in [7, 11) is -3.91. The van der Waals surface area contributed by atoms with E-state index in [0.29, 0.717) is 31.0 Å². The molecule has 0 fully saturated rings.